The number of carbonyl (C=O) groups excluding carboxylic acids is 1. The van der Waals surface area contributed by atoms with Crippen molar-refractivity contribution in [1.29, 1.82) is 0 Å². The molecular weight excluding hydrogens is 404 g/mol. The largest absolute Gasteiger partial charge is 0.451 e. The van der Waals surface area contributed by atoms with Crippen LogP contribution in [0.2, 0.25) is 5.02 Å². The van der Waals surface area contributed by atoms with Crippen LogP contribution in [0, 0.1) is 13.8 Å². The fourth-order valence-corrected chi connectivity index (χ4v) is 3.41. The highest BCUT2D eigenvalue weighted by Gasteiger charge is 2.16. The Kier molecular flexibility index (Phi) is 4.88. The van der Waals surface area contributed by atoms with Crippen LogP contribution < -0.4 is 11.1 Å². The summed E-state index contributed by atoms with van der Waals surface area (Å²) in [6.07, 6.45) is 0. The van der Waals surface area contributed by atoms with Crippen molar-refractivity contribution in [2.75, 3.05) is 11.1 Å². The number of hydrogen-bond acceptors (Lipinski definition) is 3. The maximum Gasteiger partial charge on any atom is 0.291 e. The Hall–Kier alpha value is -2.24. The number of carbonyl (C=O) groups is 1. The molecule has 2 aromatic carbocycles. The molecule has 1 aromatic heterocycles. The third kappa shape index (κ3) is 3.72. The van der Waals surface area contributed by atoms with Crippen LogP contribution >= 0.6 is 27.5 Å². The molecule has 0 unspecified atom stereocenters. The predicted octanol–water partition coefficient (Wildman–Crippen LogP) is 5.81. The predicted molar refractivity (Wildman–Crippen MR) is 105 cm³/mol. The fraction of sp³-hybridized carbons (Fsp3) is 0.105. The second kappa shape index (κ2) is 6.94. The maximum absolute atomic E-state index is 12.5. The molecule has 0 aliphatic carbocycles. The average molecular weight is 420 g/mol. The highest BCUT2D eigenvalue weighted by Crippen LogP contribution is 2.31. The number of amides is 1. The van der Waals surface area contributed by atoms with Crippen molar-refractivity contribution in [3.8, 4) is 11.3 Å². The molecule has 1 amide bonds. The number of nitrogen functional groups attached to an aromatic ring is 1. The monoisotopic (exact) mass is 418 g/mol. The molecule has 0 atom stereocenters. The normalized spacial score (nSPS) is 10.7. The van der Waals surface area contributed by atoms with E-state index in [0.717, 1.165) is 21.2 Å². The first kappa shape index (κ1) is 17.6. The summed E-state index contributed by atoms with van der Waals surface area (Å²) in [6.45, 7) is 3.82. The molecule has 0 saturated carbocycles. The number of nitrogens with two attached hydrogens (primary N) is 1. The minimum atomic E-state index is -0.365. The quantitative estimate of drug-likeness (QED) is 0.526. The Labute approximate surface area is 159 Å². The van der Waals surface area contributed by atoms with Crippen LogP contribution in [-0.4, -0.2) is 5.91 Å². The van der Waals surface area contributed by atoms with Gasteiger partial charge >= 0.3 is 0 Å². The number of hydrogen-bond donors (Lipinski definition) is 2. The first-order valence-corrected chi connectivity index (χ1v) is 8.75. The Balaban J connectivity index is 1.86. The second-order valence-electron chi connectivity index (χ2n) is 5.77. The maximum atomic E-state index is 12.5. The number of anilines is 2. The molecule has 0 saturated heterocycles. The lowest BCUT2D eigenvalue weighted by atomic mass is 10.1. The van der Waals surface area contributed by atoms with Gasteiger partial charge in [-0.05, 0) is 67.4 Å². The average Bonchev–Trinajstić information content (AvgIpc) is 3.00. The van der Waals surface area contributed by atoms with E-state index in [-0.39, 0.29) is 11.7 Å². The van der Waals surface area contributed by atoms with Gasteiger partial charge in [0, 0.05) is 15.7 Å². The zero-order valence-electron chi connectivity index (χ0n) is 13.7. The number of aryl methyl sites for hydroxylation is 2. The Morgan fingerprint density at radius 1 is 1.12 bits per heavy atom. The van der Waals surface area contributed by atoms with Gasteiger partial charge in [-0.1, -0.05) is 27.5 Å². The summed E-state index contributed by atoms with van der Waals surface area (Å²) in [5.41, 5.74) is 9.59. The Morgan fingerprint density at radius 3 is 2.56 bits per heavy atom. The third-order valence-electron chi connectivity index (χ3n) is 3.83. The zero-order chi connectivity index (χ0) is 18.1. The standard InChI is InChI=1S/C19H16BrClN2O2/c1-10-7-12(20)3-4-14(10)16-5-6-17(25-16)19(24)23-18-11(2)8-13(22)9-15(18)21/h3-9H,22H2,1-2H3,(H,23,24). The molecular formula is C19H16BrClN2O2. The highest BCUT2D eigenvalue weighted by atomic mass is 79.9. The zero-order valence-corrected chi connectivity index (χ0v) is 16.0. The van der Waals surface area contributed by atoms with Gasteiger partial charge in [0.2, 0.25) is 0 Å². The van der Waals surface area contributed by atoms with Crippen LogP contribution in [0.1, 0.15) is 21.7 Å². The minimum absolute atomic E-state index is 0.213. The fourth-order valence-electron chi connectivity index (χ4n) is 2.61. The van der Waals surface area contributed by atoms with Crippen LogP contribution in [0.3, 0.4) is 0 Å². The van der Waals surface area contributed by atoms with Crippen LogP contribution in [0.4, 0.5) is 11.4 Å². The molecule has 3 N–H and O–H groups in total. The van der Waals surface area contributed by atoms with E-state index in [4.69, 9.17) is 21.8 Å². The number of halogens is 2. The van der Waals surface area contributed by atoms with Gasteiger partial charge in [0.1, 0.15) is 5.76 Å². The van der Waals surface area contributed by atoms with Gasteiger partial charge in [-0.2, -0.15) is 0 Å². The number of rotatable bonds is 3. The van der Waals surface area contributed by atoms with E-state index in [1.165, 1.54) is 0 Å². The molecule has 0 spiro atoms. The summed E-state index contributed by atoms with van der Waals surface area (Å²) < 4.78 is 6.73. The summed E-state index contributed by atoms with van der Waals surface area (Å²) in [5.74, 6) is 0.482. The van der Waals surface area contributed by atoms with E-state index >= 15 is 0 Å². The van der Waals surface area contributed by atoms with Crippen molar-refractivity contribution in [2.45, 2.75) is 13.8 Å². The molecule has 6 heteroatoms. The van der Waals surface area contributed by atoms with E-state index < -0.39 is 0 Å². The molecule has 0 aliphatic heterocycles. The van der Waals surface area contributed by atoms with Gasteiger partial charge in [-0.3, -0.25) is 4.79 Å². The van der Waals surface area contributed by atoms with Crippen molar-refractivity contribution in [3.05, 3.63) is 68.8 Å². The first-order chi connectivity index (χ1) is 11.8. The molecule has 128 valence electrons. The molecule has 3 aromatic rings. The lowest BCUT2D eigenvalue weighted by Crippen LogP contribution is -2.12. The summed E-state index contributed by atoms with van der Waals surface area (Å²) in [6, 6.07) is 12.6. The van der Waals surface area contributed by atoms with Crippen LogP contribution in [0.5, 0.6) is 0 Å². The first-order valence-electron chi connectivity index (χ1n) is 7.58. The SMILES string of the molecule is Cc1cc(Br)ccc1-c1ccc(C(=O)Nc2c(C)cc(N)cc2Cl)o1. The van der Waals surface area contributed by atoms with Crippen LogP contribution in [-0.2, 0) is 0 Å². The van der Waals surface area contributed by atoms with Gasteiger partial charge in [0.05, 0.1) is 10.7 Å². The Morgan fingerprint density at radius 2 is 1.88 bits per heavy atom. The van der Waals surface area contributed by atoms with E-state index in [1.54, 1.807) is 24.3 Å². The number of furan rings is 1. The third-order valence-corrected chi connectivity index (χ3v) is 4.62. The smallest absolute Gasteiger partial charge is 0.291 e. The van der Waals surface area contributed by atoms with Crippen molar-refractivity contribution < 1.29 is 9.21 Å². The lowest BCUT2D eigenvalue weighted by Gasteiger charge is -2.10. The van der Waals surface area contributed by atoms with Gasteiger partial charge in [-0.25, -0.2) is 0 Å². The highest BCUT2D eigenvalue weighted by molar-refractivity contribution is 9.10. The number of nitrogens with one attached hydrogen (secondary N) is 1. The number of benzene rings is 2. The van der Waals surface area contributed by atoms with Gasteiger partial charge in [0.15, 0.2) is 5.76 Å². The molecule has 4 nitrogen and oxygen atoms in total. The van der Waals surface area contributed by atoms with E-state index in [1.807, 2.05) is 32.0 Å². The molecule has 1 heterocycles. The van der Waals surface area contributed by atoms with Crippen molar-refractivity contribution in [2.24, 2.45) is 0 Å². The Bertz CT molecular complexity index is 943. The second-order valence-corrected chi connectivity index (χ2v) is 7.09. The summed E-state index contributed by atoms with van der Waals surface area (Å²) >= 11 is 9.61. The lowest BCUT2D eigenvalue weighted by molar-refractivity contribution is 0.0997. The van der Waals surface area contributed by atoms with Gasteiger partial charge in [-0.15, -0.1) is 0 Å². The van der Waals surface area contributed by atoms with Gasteiger partial charge in [0.25, 0.3) is 5.91 Å². The molecule has 0 aliphatic rings. The minimum Gasteiger partial charge on any atom is -0.451 e. The van der Waals surface area contributed by atoms with Crippen molar-refractivity contribution in [3.63, 3.8) is 0 Å². The summed E-state index contributed by atoms with van der Waals surface area (Å²) in [4.78, 5) is 12.5. The van der Waals surface area contributed by atoms with Crippen LogP contribution in [0.25, 0.3) is 11.3 Å². The van der Waals surface area contributed by atoms with E-state index in [2.05, 4.69) is 21.2 Å². The molecule has 0 bridgehead atoms. The molecule has 3 rings (SSSR count). The topological polar surface area (TPSA) is 68.3 Å². The van der Waals surface area contributed by atoms with Crippen LogP contribution in [0.15, 0.2) is 51.4 Å². The molecule has 0 radical (unpaired) electrons. The van der Waals surface area contributed by atoms with Crippen molar-refractivity contribution >= 4 is 44.8 Å². The van der Waals surface area contributed by atoms with E-state index in [0.29, 0.717) is 22.2 Å². The van der Waals surface area contributed by atoms with E-state index in [9.17, 15) is 4.79 Å². The summed E-state index contributed by atoms with van der Waals surface area (Å²) in [5, 5.41) is 3.17. The molecule has 25 heavy (non-hydrogen) atoms. The molecule has 0 fully saturated rings. The van der Waals surface area contributed by atoms with Gasteiger partial charge < -0.3 is 15.5 Å². The summed E-state index contributed by atoms with van der Waals surface area (Å²) in [7, 11) is 0. The van der Waals surface area contributed by atoms with Crippen molar-refractivity contribution in [1.82, 2.24) is 0 Å².